The molecule has 0 amide bonds. The van der Waals surface area contributed by atoms with Crippen molar-refractivity contribution < 1.29 is 32.7 Å². The Morgan fingerprint density at radius 2 is 1.65 bits per heavy atom. The number of hydrogen-bond donors (Lipinski definition) is 0. The SMILES string of the molecule is C=C1C[C@]23CC1[C@H](O[Si](C)(C)C)C[C@H]2[C@]1(C=O)CC[C@H](O[Si](C)(C)C)[C@@](C)(C(=O)OC)C1[C@@H]3C(=O)OC. The summed E-state index contributed by atoms with van der Waals surface area (Å²) in [6.07, 6.45) is 3.80. The highest BCUT2D eigenvalue weighted by molar-refractivity contribution is 6.70. The van der Waals surface area contributed by atoms with E-state index in [9.17, 15) is 14.4 Å². The van der Waals surface area contributed by atoms with Crippen LogP contribution < -0.4 is 0 Å². The Hall–Kier alpha value is -1.30. The third-order valence-electron chi connectivity index (χ3n) is 9.93. The van der Waals surface area contributed by atoms with E-state index in [1.54, 1.807) is 0 Å². The summed E-state index contributed by atoms with van der Waals surface area (Å²) in [5, 5.41) is 0. The molecule has 9 atom stereocenters. The molecule has 0 aromatic heterocycles. The summed E-state index contributed by atoms with van der Waals surface area (Å²) in [5.41, 5.74) is -1.46. The van der Waals surface area contributed by atoms with E-state index in [0.29, 0.717) is 25.7 Å². The van der Waals surface area contributed by atoms with Gasteiger partial charge in [0.1, 0.15) is 6.29 Å². The highest BCUT2D eigenvalue weighted by Crippen LogP contribution is 2.77. The molecule has 0 N–H and O–H groups in total. The first-order valence-corrected chi connectivity index (χ1v) is 20.5. The van der Waals surface area contributed by atoms with Crippen LogP contribution in [0.2, 0.25) is 39.3 Å². The molecule has 2 unspecified atom stereocenters. The predicted octanol–water partition coefficient (Wildman–Crippen LogP) is 4.98. The van der Waals surface area contributed by atoms with Crippen LogP contribution in [0.5, 0.6) is 0 Å². The molecule has 2 bridgehead atoms. The summed E-state index contributed by atoms with van der Waals surface area (Å²) in [7, 11) is -1.17. The second-order valence-electron chi connectivity index (χ2n) is 14.2. The largest absolute Gasteiger partial charge is 0.469 e. The fraction of sp³-hybridized carbons (Fsp3) is 0.821. The van der Waals surface area contributed by atoms with Crippen molar-refractivity contribution in [2.45, 2.75) is 90.5 Å². The quantitative estimate of drug-likeness (QED) is 0.191. The molecule has 4 rings (SSSR count). The summed E-state index contributed by atoms with van der Waals surface area (Å²) in [6, 6.07) is 0. The minimum absolute atomic E-state index is 0.0333. The third kappa shape index (κ3) is 4.23. The average Bonchev–Trinajstić information content (AvgIpc) is 3.22. The van der Waals surface area contributed by atoms with Crippen molar-refractivity contribution in [1.29, 1.82) is 0 Å². The number of fused-ring (bicyclic) bond motifs is 3. The smallest absolute Gasteiger partial charge is 0.314 e. The molecule has 0 aromatic carbocycles. The van der Waals surface area contributed by atoms with Gasteiger partial charge < -0.3 is 23.1 Å². The number of methoxy groups -OCH3 is 2. The minimum atomic E-state index is -2.08. The fourth-order valence-corrected chi connectivity index (χ4v) is 11.4. The van der Waals surface area contributed by atoms with Crippen LogP contribution in [0.1, 0.15) is 39.0 Å². The van der Waals surface area contributed by atoms with Gasteiger partial charge in [0.2, 0.25) is 0 Å². The predicted molar refractivity (Wildman–Crippen MR) is 146 cm³/mol. The lowest BCUT2D eigenvalue weighted by Gasteiger charge is -2.54. The second-order valence-corrected chi connectivity index (χ2v) is 23.1. The van der Waals surface area contributed by atoms with E-state index in [0.717, 1.165) is 18.3 Å². The molecule has 4 fully saturated rings. The van der Waals surface area contributed by atoms with Crippen LogP contribution in [0.15, 0.2) is 12.2 Å². The van der Waals surface area contributed by atoms with Gasteiger partial charge in [0.05, 0.1) is 37.8 Å². The molecule has 4 saturated carbocycles. The summed E-state index contributed by atoms with van der Waals surface area (Å²) in [4.78, 5) is 41.0. The molecule has 0 aliphatic heterocycles. The van der Waals surface area contributed by atoms with Gasteiger partial charge in [-0.1, -0.05) is 12.2 Å². The molecular formula is C28H46O7Si2. The summed E-state index contributed by atoms with van der Waals surface area (Å²) in [5.74, 6) is -1.95. The highest BCUT2D eigenvalue weighted by atomic mass is 28.4. The molecule has 0 heterocycles. The first kappa shape index (κ1) is 28.7. The standard InChI is InChI=1S/C28H46O7Si2/c1-17-14-28-15-18(17)19(34-36(5,6)7)13-20(28)27(16-29)12-11-21(35-37(8,9)10)26(2,25(31)33-4)23(27)22(28)24(30)32-3/h16,18-23H,1,11-15H2,2-10H3/t18?,19-,20+,21+,22-,23?,26-,27-,28+/m1/s1. The van der Waals surface area contributed by atoms with Gasteiger partial charge in [0.15, 0.2) is 16.6 Å². The number of esters is 2. The molecule has 9 heteroatoms. The Kier molecular flexibility index (Phi) is 7.08. The number of rotatable bonds is 7. The number of carbonyl (C=O) groups excluding carboxylic acids is 3. The van der Waals surface area contributed by atoms with Gasteiger partial charge in [0.25, 0.3) is 0 Å². The van der Waals surface area contributed by atoms with E-state index < -0.39 is 56.8 Å². The monoisotopic (exact) mass is 550 g/mol. The van der Waals surface area contributed by atoms with Gasteiger partial charge in [-0.25, -0.2) is 0 Å². The molecule has 4 aliphatic rings. The van der Waals surface area contributed by atoms with Crippen LogP contribution in [0.25, 0.3) is 0 Å². The molecule has 208 valence electrons. The topological polar surface area (TPSA) is 88.1 Å². The average molecular weight is 551 g/mol. The van der Waals surface area contributed by atoms with Gasteiger partial charge in [-0.15, -0.1) is 0 Å². The third-order valence-corrected chi connectivity index (χ3v) is 11.9. The van der Waals surface area contributed by atoms with Crippen molar-refractivity contribution in [3.63, 3.8) is 0 Å². The number of ether oxygens (including phenoxy) is 2. The molecule has 37 heavy (non-hydrogen) atoms. The van der Waals surface area contributed by atoms with Crippen molar-refractivity contribution in [1.82, 2.24) is 0 Å². The minimum Gasteiger partial charge on any atom is -0.469 e. The van der Waals surface area contributed by atoms with Crippen molar-refractivity contribution in [2.75, 3.05) is 14.2 Å². The molecular weight excluding hydrogens is 504 g/mol. The summed E-state index contributed by atoms with van der Waals surface area (Å²) >= 11 is 0. The van der Waals surface area contributed by atoms with E-state index >= 15 is 0 Å². The van der Waals surface area contributed by atoms with Crippen molar-refractivity contribution in [3.05, 3.63) is 12.2 Å². The van der Waals surface area contributed by atoms with Crippen LogP contribution >= 0.6 is 0 Å². The lowest BCUT2D eigenvalue weighted by molar-refractivity contribution is -0.184. The van der Waals surface area contributed by atoms with Gasteiger partial charge in [-0.2, -0.15) is 0 Å². The van der Waals surface area contributed by atoms with E-state index in [2.05, 4.69) is 45.9 Å². The number of aldehydes is 1. The van der Waals surface area contributed by atoms with Crippen LogP contribution in [-0.2, 0) is 32.7 Å². The van der Waals surface area contributed by atoms with Crippen molar-refractivity contribution in [3.8, 4) is 0 Å². The summed E-state index contributed by atoms with van der Waals surface area (Å²) < 4.78 is 24.3. The highest BCUT2D eigenvalue weighted by Gasteiger charge is 2.79. The first-order chi connectivity index (χ1) is 17.0. The Bertz CT molecular complexity index is 984. The van der Waals surface area contributed by atoms with Crippen LogP contribution in [0.4, 0.5) is 0 Å². The maximum absolute atomic E-state index is 13.8. The van der Waals surface area contributed by atoms with E-state index in [1.165, 1.54) is 14.2 Å². The van der Waals surface area contributed by atoms with Gasteiger partial charge >= 0.3 is 11.9 Å². The Morgan fingerprint density at radius 3 is 2.16 bits per heavy atom. The number of hydrogen-bond acceptors (Lipinski definition) is 7. The number of carbonyl (C=O) groups is 3. The van der Waals surface area contributed by atoms with Gasteiger partial charge in [-0.05, 0) is 89.6 Å². The van der Waals surface area contributed by atoms with Crippen LogP contribution in [-0.4, -0.2) is 61.3 Å². The van der Waals surface area contributed by atoms with E-state index in [-0.39, 0.29) is 23.9 Å². The fourth-order valence-electron chi connectivity index (χ4n) is 9.04. The Labute approximate surface area is 224 Å². The maximum atomic E-state index is 13.8. The lowest BCUT2D eigenvalue weighted by atomic mass is 9.51. The van der Waals surface area contributed by atoms with Crippen LogP contribution in [0, 0.1) is 39.9 Å². The van der Waals surface area contributed by atoms with E-state index in [1.807, 2.05) is 6.92 Å². The lowest BCUT2D eigenvalue weighted by Crippen LogP contribution is -2.61. The van der Waals surface area contributed by atoms with Gasteiger partial charge in [0, 0.05) is 17.3 Å². The molecule has 0 aromatic rings. The Balaban J connectivity index is 1.94. The summed E-state index contributed by atoms with van der Waals surface area (Å²) in [6.45, 7) is 19.2. The maximum Gasteiger partial charge on any atom is 0.314 e. The van der Waals surface area contributed by atoms with Crippen molar-refractivity contribution in [2.24, 2.45) is 39.9 Å². The zero-order valence-electron chi connectivity index (χ0n) is 24.1. The molecule has 1 spiro atoms. The Morgan fingerprint density at radius 1 is 1.03 bits per heavy atom. The zero-order chi connectivity index (χ0) is 27.8. The van der Waals surface area contributed by atoms with Gasteiger partial charge in [-0.3, -0.25) is 9.59 Å². The second kappa shape index (κ2) is 9.13. The van der Waals surface area contributed by atoms with Crippen LogP contribution in [0.3, 0.4) is 0 Å². The molecule has 0 saturated heterocycles. The molecule has 0 radical (unpaired) electrons. The first-order valence-electron chi connectivity index (χ1n) is 13.7. The molecule has 4 aliphatic carbocycles. The van der Waals surface area contributed by atoms with E-state index in [4.69, 9.17) is 18.3 Å². The normalized spacial score (nSPS) is 43.1. The molecule has 7 nitrogen and oxygen atoms in total. The zero-order valence-corrected chi connectivity index (χ0v) is 26.1. The van der Waals surface area contributed by atoms with Crippen molar-refractivity contribution >= 4 is 34.9 Å².